The van der Waals surface area contributed by atoms with E-state index in [0.717, 1.165) is 6.07 Å². The Kier molecular flexibility index (Phi) is 4.41. The molecule has 0 saturated carbocycles. The second kappa shape index (κ2) is 6.66. The van der Waals surface area contributed by atoms with E-state index in [1.807, 2.05) is 0 Å². The Bertz CT molecular complexity index is 765. The van der Waals surface area contributed by atoms with E-state index < -0.39 is 29.7 Å². The van der Waals surface area contributed by atoms with Crippen LogP contribution in [0.1, 0.15) is 10.4 Å². The summed E-state index contributed by atoms with van der Waals surface area (Å²) < 4.78 is 31.2. The van der Waals surface area contributed by atoms with E-state index in [4.69, 9.17) is 4.74 Å². The molecule has 2 aromatic rings. The van der Waals surface area contributed by atoms with Crippen molar-refractivity contribution in [3.63, 3.8) is 0 Å². The number of hydrogen-bond donors (Lipinski definition) is 1. The zero-order chi connectivity index (χ0) is 17.1. The second-order valence-electron chi connectivity index (χ2n) is 5.31. The number of carbonyl (C=O) groups is 2. The lowest BCUT2D eigenvalue weighted by Crippen LogP contribution is -2.34. The lowest BCUT2D eigenvalue weighted by molar-refractivity contribution is 0.0915. The maximum absolute atomic E-state index is 13.1. The smallest absolute Gasteiger partial charge is 0.414 e. The summed E-state index contributed by atoms with van der Waals surface area (Å²) in [5.74, 6) is -1.35. The van der Waals surface area contributed by atoms with Gasteiger partial charge in [0.2, 0.25) is 0 Å². The minimum atomic E-state index is -0.563. The molecule has 1 unspecified atom stereocenters. The molecule has 2 amide bonds. The Labute approximate surface area is 136 Å². The molecule has 24 heavy (non-hydrogen) atoms. The Morgan fingerprint density at radius 3 is 2.62 bits per heavy atom. The first-order valence-corrected chi connectivity index (χ1v) is 7.30. The SMILES string of the molecule is O=C(NCC1CN(c2ccc(F)cc2)C(=O)O1)c1cccc(F)c1. The van der Waals surface area contributed by atoms with Crippen molar-refractivity contribution < 1.29 is 23.1 Å². The van der Waals surface area contributed by atoms with E-state index in [1.54, 1.807) is 0 Å². The summed E-state index contributed by atoms with van der Waals surface area (Å²) in [5, 5.41) is 2.60. The van der Waals surface area contributed by atoms with Crippen LogP contribution in [0.3, 0.4) is 0 Å². The zero-order valence-electron chi connectivity index (χ0n) is 12.5. The number of rotatable bonds is 4. The standard InChI is InChI=1S/C17H14F2N2O3/c18-12-4-6-14(7-5-12)21-10-15(24-17(21)23)9-20-16(22)11-2-1-3-13(19)8-11/h1-8,15H,9-10H2,(H,20,22). The average Bonchev–Trinajstić information content (AvgIpc) is 2.94. The van der Waals surface area contributed by atoms with Crippen molar-refractivity contribution in [1.82, 2.24) is 5.32 Å². The van der Waals surface area contributed by atoms with Crippen molar-refractivity contribution in [1.29, 1.82) is 0 Å². The number of nitrogens with one attached hydrogen (secondary N) is 1. The molecule has 1 heterocycles. The molecule has 0 radical (unpaired) electrons. The first-order chi connectivity index (χ1) is 11.5. The fraction of sp³-hybridized carbons (Fsp3) is 0.176. The van der Waals surface area contributed by atoms with E-state index in [0.29, 0.717) is 5.69 Å². The van der Waals surface area contributed by atoms with Gasteiger partial charge in [-0.2, -0.15) is 0 Å². The van der Waals surface area contributed by atoms with Crippen molar-refractivity contribution in [3.8, 4) is 0 Å². The van der Waals surface area contributed by atoms with Crippen molar-refractivity contribution >= 4 is 17.7 Å². The third-order valence-electron chi connectivity index (χ3n) is 3.59. The monoisotopic (exact) mass is 332 g/mol. The molecule has 7 heteroatoms. The van der Waals surface area contributed by atoms with E-state index in [1.165, 1.54) is 47.4 Å². The molecular formula is C17H14F2N2O3. The highest BCUT2D eigenvalue weighted by molar-refractivity contribution is 5.94. The van der Waals surface area contributed by atoms with Crippen molar-refractivity contribution in [2.75, 3.05) is 18.0 Å². The molecule has 0 bridgehead atoms. The van der Waals surface area contributed by atoms with E-state index in [9.17, 15) is 18.4 Å². The first-order valence-electron chi connectivity index (χ1n) is 7.30. The first kappa shape index (κ1) is 15.9. The van der Waals surface area contributed by atoms with Gasteiger partial charge >= 0.3 is 6.09 Å². The number of cyclic esters (lactones) is 1. The number of amides is 2. The van der Waals surface area contributed by atoms with Crippen LogP contribution in [0.25, 0.3) is 0 Å². The number of benzene rings is 2. The molecule has 2 aromatic carbocycles. The molecule has 3 rings (SSSR count). The highest BCUT2D eigenvalue weighted by atomic mass is 19.1. The molecule has 1 fully saturated rings. The van der Waals surface area contributed by atoms with E-state index >= 15 is 0 Å². The summed E-state index contributed by atoms with van der Waals surface area (Å²) >= 11 is 0. The molecule has 0 aliphatic carbocycles. The number of halogens is 2. The summed E-state index contributed by atoms with van der Waals surface area (Å²) in [5.41, 5.74) is 0.704. The van der Waals surface area contributed by atoms with E-state index in [2.05, 4.69) is 5.32 Å². The third-order valence-corrected chi connectivity index (χ3v) is 3.59. The molecule has 1 aliphatic rings. The summed E-state index contributed by atoms with van der Waals surface area (Å²) in [6, 6.07) is 10.8. The molecule has 1 saturated heterocycles. The van der Waals surface area contributed by atoms with Gasteiger partial charge in [0.25, 0.3) is 5.91 Å². The molecule has 5 nitrogen and oxygen atoms in total. The van der Waals surface area contributed by atoms with Gasteiger partial charge in [-0.1, -0.05) is 6.07 Å². The number of anilines is 1. The quantitative estimate of drug-likeness (QED) is 0.936. The Morgan fingerprint density at radius 1 is 1.17 bits per heavy atom. The lowest BCUT2D eigenvalue weighted by Gasteiger charge is -2.13. The van der Waals surface area contributed by atoms with Gasteiger partial charge in [-0.25, -0.2) is 13.6 Å². The summed E-state index contributed by atoms with van der Waals surface area (Å²) in [6.45, 7) is 0.326. The van der Waals surface area contributed by atoms with Crippen molar-refractivity contribution in [2.45, 2.75) is 6.10 Å². The summed E-state index contributed by atoms with van der Waals surface area (Å²) in [4.78, 5) is 25.2. The Balaban J connectivity index is 1.58. The molecule has 1 aliphatic heterocycles. The number of ether oxygens (including phenoxy) is 1. The maximum atomic E-state index is 13.1. The van der Waals surface area contributed by atoms with Crippen LogP contribution >= 0.6 is 0 Å². The van der Waals surface area contributed by atoms with Crippen LogP contribution in [-0.2, 0) is 4.74 Å². The maximum Gasteiger partial charge on any atom is 0.414 e. The predicted molar refractivity (Wildman–Crippen MR) is 82.7 cm³/mol. The van der Waals surface area contributed by atoms with Crippen LogP contribution in [0, 0.1) is 11.6 Å². The number of nitrogens with zero attached hydrogens (tertiary/aromatic N) is 1. The Hall–Kier alpha value is -2.96. The average molecular weight is 332 g/mol. The van der Waals surface area contributed by atoms with Gasteiger partial charge in [0, 0.05) is 11.3 Å². The summed E-state index contributed by atoms with van der Waals surface area (Å²) in [7, 11) is 0. The predicted octanol–water partition coefficient (Wildman–Crippen LogP) is 2.72. The fourth-order valence-corrected chi connectivity index (χ4v) is 2.40. The Morgan fingerprint density at radius 2 is 1.92 bits per heavy atom. The van der Waals surface area contributed by atoms with Gasteiger partial charge in [0.15, 0.2) is 0 Å². The van der Waals surface area contributed by atoms with Gasteiger partial charge in [-0.3, -0.25) is 9.69 Å². The van der Waals surface area contributed by atoms with Crippen molar-refractivity contribution in [2.24, 2.45) is 0 Å². The fourth-order valence-electron chi connectivity index (χ4n) is 2.40. The molecule has 124 valence electrons. The second-order valence-corrected chi connectivity index (χ2v) is 5.31. The lowest BCUT2D eigenvalue weighted by atomic mass is 10.2. The van der Waals surface area contributed by atoms with Gasteiger partial charge in [0.05, 0.1) is 13.1 Å². The van der Waals surface area contributed by atoms with Gasteiger partial charge in [0.1, 0.15) is 17.7 Å². The minimum Gasteiger partial charge on any atom is -0.442 e. The van der Waals surface area contributed by atoms with Crippen LogP contribution < -0.4 is 10.2 Å². The normalized spacial score (nSPS) is 16.8. The van der Waals surface area contributed by atoms with E-state index in [-0.39, 0.29) is 18.7 Å². The van der Waals surface area contributed by atoms with Gasteiger partial charge in [-0.05, 0) is 42.5 Å². The zero-order valence-corrected chi connectivity index (χ0v) is 12.5. The summed E-state index contributed by atoms with van der Waals surface area (Å²) in [6.07, 6.45) is -1.10. The topological polar surface area (TPSA) is 58.6 Å². The van der Waals surface area contributed by atoms with Crippen LogP contribution in [0.4, 0.5) is 19.3 Å². The van der Waals surface area contributed by atoms with Gasteiger partial charge in [-0.15, -0.1) is 0 Å². The van der Waals surface area contributed by atoms with Crippen LogP contribution in [-0.4, -0.2) is 31.2 Å². The van der Waals surface area contributed by atoms with Crippen LogP contribution in [0.15, 0.2) is 48.5 Å². The third kappa shape index (κ3) is 3.51. The van der Waals surface area contributed by atoms with Crippen molar-refractivity contribution in [3.05, 3.63) is 65.7 Å². The molecule has 0 spiro atoms. The number of carbonyl (C=O) groups excluding carboxylic acids is 2. The molecule has 0 aromatic heterocycles. The van der Waals surface area contributed by atoms with Gasteiger partial charge < -0.3 is 10.1 Å². The molecule has 1 atom stereocenters. The molecular weight excluding hydrogens is 318 g/mol. The van der Waals surface area contributed by atoms with Crippen LogP contribution in [0.5, 0.6) is 0 Å². The molecule has 1 N–H and O–H groups in total. The number of hydrogen-bond acceptors (Lipinski definition) is 3. The largest absolute Gasteiger partial charge is 0.442 e. The highest BCUT2D eigenvalue weighted by Crippen LogP contribution is 2.21. The minimum absolute atomic E-state index is 0.0960. The highest BCUT2D eigenvalue weighted by Gasteiger charge is 2.32. The van der Waals surface area contributed by atoms with Crippen LogP contribution in [0.2, 0.25) is 0 Å².